The average Bonchev–Trinajstić information content (AvgIpc) is 3.14. The van der Waals surface area contributed by atoms with Gasteiger partial charge in [0.1, 0.15) is 5.69 Å². The molecule has 2 aliphatic heterocycles. The van der Waals surface area contributed by atoms with Crippen LogP contribution >= 0.6 is 0 Å². The summed E-state index contributed by atoms with van der Waals surface area (Å²) in [7, 11) is 1.72. The summed E-state index contributed by atoms with van der Waals surface area (Å²) in [6, 6.07) is 16.1. The van der Waals surface area contributed by atoms with Crippen molar-refractivity contribution >= 4 is 47.1 Å². The van der Waals surface area contributed by atoms with Gasteiger partial charge in [0.05, 0.1) is 30.0 Å². The zero-order valence-electron chi connectivity index (χ0n) is 28.3. The average molecular weight is 708 g/mol. The number of carbonyl (C=O) groups excluding carboxylic acids is 3. The van der Waals surface area contributed by atoms with Gasteiger partial charge in [-0.05, 0) is 67.8 Å². The van der Waals surface area contributed by atoms with Crippen LogP contribution in [0, 0.1) is 5.41 Å². The highest BCUT2D eigenvalue weighted by Gasteiger charge is 2.31. The summed E-state index contributed by atoms with van der Waals surface area (Å²) >= 11 is 0. The van der Waals surface area contributed by atoms with Crippen molar-refractivity contribution < 1.29 is 37.6 Å². The van der Waals surface area contributed by atoms with Crippen LogP contribution < -0.4 is 20.9 Å². The maximum Gasteiger partial charge on any atom is 0.416 e. The van der Waals surface area contributed by atoms with Crippen molar-refractivity contribution in [2.75, 3.05) is 69.7 Å². The van der Waals surface area contributed by atoms with Gasteiger partial charge in [-0.2, -0.15) is 18.2 Å². The Kier molecular flexibility index (Phi) is 12.5. The molecule has 0 radical (unpaired) electrons. The van der Waals surface area contributed by atoms with E-state index in [-0.39, 0.29) is 28.4 Å². The monoisotopic (exact) mass is 707 g/mol. The number of aliphatic imine (C=N–C) groups is 1. The fourth-order valence-electron chi connectivity index (χ4n) is 5.83. The summed E-state index contributed by atoms with van der Waals surface area (Å²) < 4.78 is 44.6. The van der Waals surface area contributed by atoms with E-state index < -0.39 is 29.5 Å². The summed E-state index contributed by atoms with van der Waals surface area (Å²) in [5, 5.41) is 14.7. The second-order valence-corrected chi connectivity index (χ2v) is 12.4. The highest BCUT2D eigenvalue weighted by molar-refractivity contribution is 6.13. The Morgan fingerprint density at radius 1 is 0.941 bits per heavy atom. The molecule has 2 saturated heterocycles. The molecule has 0 bridgehead atoms. The van der Waals surface area contributed by atoms with Gasteiger partial charge in [0.15, 0.2) is 6.34 Å². The van der Waals surface area contributed by atoms with Gasteiger partial charge in [0.2, 0.25) is 5.96 Å². The number of amides is 3. The third-order valence-corrected chi connectivity index (χ3v) is 8.71. The molecule has 3 aromatic rings. The first-order valence-corrected chi connectivity index (χ1v) is 16.8. The van der Waals surface area contributed by atoms with Crippen LogP contribution in [0.15, 0.2) is 71.7 Å². The number of rotatable bonds is 10. The first-order chi connectivity index (χ1) is 24.5. The number of hydrogen-bond acceptors (Lipinski definition) is 7. The van der Waals surface area contributed by atoms with Gasteiger partial charge < -0.3 is 19.9 Å². The number of nitrogens with two attached hydrogens (primary N) is 1. The van der Waals surface area contributed by atoms with Crippen LogP contribution in [0.5, 0.6) is 0 Å². The molecule has 0 atom stereocenters. The number of quaternary nitrogens is 1. The molecule has 2 heterocycles. The van der Waals surface area contributed by atoms with Crippen molar-refractivity contribution in [2.45, 2.75) is 25.4 Å². The Morgan fingerprint density at radius 3 is 2.41 bits per heavy atom. The Balaban J connectivity index is 1.28. The number of anilines is 2. The number of halogens is 3. The number of morpholine rings is 1. The number of ether oxygens (including phenoxy) is 1. The van der Waals surface area contributed by atoms with Crippen molar-refractivity contribution in [1.82, 2.24) is 15.1 Å². The zero-order chi connectivity index (χ0) is 36.4. The van der Waals surface area contributed by atoms with Crippen molar-refractivity contribution in [3.63, 3.8) is 0 Å². The van der Waals surface area contributed by atoms with Crippen molar-refractivity contribution in [1.29, 1.82) is 5.41 Å². The molecule has 5 N–H and O–H groups in total. The van der Waals surface area contributed by atoms with E-state index in [1.807, 2.05) is 6.07 Å². The number of likely N-dealkylation sites (N-methyl/N-ethyl adjacent to an activating group) is 1. The molecule has 2 fully saturated rings. The first-order valence-electron chi connectivity index (χ1n) is 16.8. The van der Waals surface area contributed by atoms with Crippen LogP contribution in [0.1, 0.15) is 55.9 Å². The van der Waals surface area contributed by atoms with E-state index in [2.05, 4.69) is 25.4 Å². The molecule has 0 aromatic heterocycles. The van der Waals surface area contributed by atoms with Gasteiger partial charge >= 0.3 is 6.18 Å². The third-order valence-electron chi connectivity index (χ3n) is 8.71. The Hall–Kier alpha value is -5.12. The smallest absolute Gasteiger partial charge is 0.379 e. The number of alkyl halides is 3. The highest BCUT2D eigenvalue weighted by atomic mass is 19.4. The van der Waals surface area contributed by atoms with Gasteiger partial charge in [-0.15, -0.1) is 0 Å². The molecule has 3 aromatic carbocycles. The van der Waals surface area contributed by atoms with E-state index in [1.54, 1.807) is 42.3 Å². The number of piperidine rings is 1. The maximum absolute atomic E-state index is 13.5. The summed E-state index contributed by atoms with van der Waals surface area (Å²) in [5.41, 5.74) is 1.01. The van der Waals surface area contributed by atoms with E-state index in [1.165, 1.54) is 23.5 Å². The minimum atomic E-state index is -4.50. The molecule has 3 amide bonds. The van der Waals surface area contributed by atoms with E-state index in [9.17, 15) is 27.6 Å². The molecular formula is C36H42F3N8O4+. The molecule has 12 nitrogen and oxygen atoms in total. The van der Waals surface area contributed by atoms with E-state index in [0.29, 0.717) is 31.9 Å². The predicted molar refractivity (Wildman–Crippen MR) is 188 cm³/mol. The predicted octanol–water partition coefficient (Wildman–Crippen LogP) is 3.94. The minimum Gasteiger partial charge on any atom is -0.379 e. The Bertz CT molecular complexity index is 1750. The van der Waals surface area contributed by atoms with Crippen LogP contribution in [-0.4, -0.2) is 99.3 Å². The summed E-state index contributed by atoms with van der Waals surface area (Å²) in [6.45, 7) is 5.79. The first kappa shape index (κ1) is 37.1. The molecular weight excluding hydrogens is 665 g/mol. The lowest BCUT2D eigenvalue weighted by molar-refractivity contribution is -0.433. The lowest BCUT2D eigenvalue weighted by Gasteiger charge is -2.29. The number of benzene rings is 3. The quantitative estimate of drug-likeness (QED) is 0.143. The van der Waals surface area contributed by atoms with Gasteiger partial charge in [0.25, 0.3) is 17.7 Å². The fourth-order valence-corrected chi connectivity index (χ4v) is 5.83. The van der Waals surface area contributed by atoms with Gasteiger partial charge in [0, 0.05) is 69.2 Å². The largest absolute Gasteiger partial charge is 0.416 e. The summed E-state index contributed by atoms with van der Waals surface area (Å²) in [6.07, 6.45) is -0.273. The number of hydrogen-bond donors (Lipinski definition) is 4. The SMILES string of the molecule is CN(CCN1CCOCC1)C(=O)c1cccc(C(=O)Nc2ccc(N3CCCCC3)cc2C(=O)NC(=N)N=C[NH2+]c2cccc(C(F)(F)F)c2)c1. The van der Waals surface area contributed by atoms with Crippen molar-refractivity contribution in [2.24, 2.45) is 4.99 Å². The molecule has 0 saturated carbocycles. The second kappa shape index (κ2) is 17.2. The van der Waals surface area contributed by atoms with Crippen LogP contribution in [0.2, 0.25) is 0 Å². The summed E-state index contributed by atoms with van der Waals surface area (Å²) in [4.78, 5) is 50.1. The van der Waals surface area contributed by atoms with Crippen LogP contribution in [0.4, 0.5) is 30.2 Å². The lowest BCUT2D eigenvalue weighted by Crippen LogP contribution is -2.76. The third kappa shape index (κ3) is 10.4. The molecule has 0 spiro atoms. The highest BCUT2D eigenvalue weighted by Crippen LogP contribution is 2.30. The van der Waals surface area contributed by atoms with Gasteiger partial charge in [-0.3, -0.25) is 35.3 Å². The van der Waals surface area contributed by atoms with Gasteiger partial charge in [-0.1, -0.05) is 12.1 Å². The van der Waals surface area contributed by atoms with Crippen LogP contribution in [-0.2, 0) is 10.9 Å². The molecule has 0 aliphatic carbocycles. The van der Waals surface area contributed by atoms with Crippen LogP contribution in [0.25, 0.3) is 0 Å². The number of guanidine groups is 1. The standard InChI is InChI=1S/C36H41F3N8O4/c1-45(15-16-46-17-19-51-20-18-46)34(50)26-8-5-7-25(21-26)32(48)43-31-12-11-29(47-13-3-2-4-14-47)23-30(31)33(49)44-35(40)42-24-41-28-10-6-9-27(22-28)36(37,38)39/h5-12,21-24H,2-4,13-20H2,1H3,(H,43,48)(H3,40,41,42,44,49)/p+1. The molecule has 5 rings (SSSR count). The Labute approximate surface area is 294 Å². The van der Waals surface area contributed by atoms with Gasteiger partial charge in [-0.25, -0.2) is 0 Å². The normalized spacial score (nSPS) is 15.4. The zero-order valence-corrected chi connectivity index (χ0v) is 28.3. The molecule has 270 valence electrons. The van der Waals surface area contributed by atoms with E-state index >= 15 is 0 Å². The van der Waals surface area contributed by atoms with E-state index in [0.717, 1.165) is 69.6 Å². The van der Waals surface area contributed by atoms with Crippen LogP contribution in [0.3, 0.4) is 0 Å². The molecule has 51 heavy (non-hydrogen) atoms. The van der Waals surface area contributed by atoms with E-state index in [4.69, 9.17) is 10.1 Å². The number of nitrogens with one attached hydrogen (secondary N) is 3. The topological polar surface area (TPSA) is 147 Å². The van der Waals surface area contributed by atoms with Crippen molar-refractivity contribution in [3.8, 4) is 0 Å². The molecule has 15 heteroatoms. The molecule has 0 unspecified atom stereocenters. The Morgan fingerprint density at radius 2 is 1.67 bits per heavy atom. The summed E-state index contributed by atoms with van der Waals surface area (Å²) in [5.74, 6) is -2.03. The fraction of sp³-hybridized carbons (Fsp3) is 0.361. The minimum absolute atomic E-state index is 0.0864. The second-order valence-electron chi connectivity index (χ2n) is 12.4. The number of carbonyl (C=O) groups is 3. The number of nitrogens with zero attached hydrogens (tertiary/aromatic N) is 4. The molecule has 2 aliphatic rings. The maximum atomic E-state index is 13.5. The lowest BCUT2D eigenvalue weighted by atomic mass is 10.1. The van der Waals surface area contributed by atoms with Crippen molar-refractivity contribution in [3.05, 3.63) is 89.0 Å².